The molecule has 0 aliphatic carbocycles. The highest BCUT2D eigenvalue weighted by Crippen LogP contribution is 2.37. The van der Waals surface area contributed by atoms with Gasteiger partial charge in [0.1, 0.15) is 11.3 Å². The molecule has 4 N–H and O–H groups in total. The van der Waals surface area contributed by atoms with Crippen LogP contribution < -0.4 is 16.2 Å². The summed E-state index contributed by atoms with van der Waals surface area (Å²) in [4.78, 5) is 16.8. The Morgan fingerprint density at radius 1 is 0.886 bits per heavy atom. The zero-order valence-electron chi connectivity index (χ0n) is 19.6. The van der Waals surface area contributed by atoms with E-state index in [1.165, 1.54) is 24.3 Å². The molecule has 0 aliphatic rings. The van der Waals surface area contributed by atoms with E-state index in [1.807, 2.05) is 39.0 Å². The summed E-state index contributed by atoms with van der Waals surface area (Å²) in [5, 5.41) is 0. The van der Waals surface area contributed by atoms with Gasteiger partial charge in [0, 0.05) is 11.3 Å². The van der Waals surface area contributed by atoms with Crippen LogP contribution in [0.4, 0.5) is 5.69 Å². The number of pyridine rings is 1. The summed E-state index contributed by atoms with van der Waals surface area (Å²) in [7, 11) is -4.21. The van der Waals surface area contributed by atoms with E-state index in [9.17, 15) is 13.2 Å². The zero-order valence-corrected chi connectivity index (χ0v) is 20.4. The molecular formula is C27H25N3O4S. The van der Waals surface area contributed by atoms with Gasteiger partial charge in [0.25, 0.3) is 5.91 Å². The van der Waals surface area contributed by atoms with Crippen molar-refractivity contribution in [3.05, 3.63) is 95.1 Å². The Bertz CT molecular complexity index is 1530. The standard InChI is InChI=1S/C27H25N3O4S/c1-16-12-17(2)25(18(3)13-16)34-27-24(26(29)31)23(15-22(30-27)19-8-5-4-6-9-19)35(32,33)21-11-7-10-20(28)14-21/h4-15H,28H2,1-3H3,(H2,29,31). The number of benzene rings is 3. The first kappa shape index (κ1) is 24.0. The number of aryl methyl sites for hydroxylation is 3. The predicted molar refractivity (Wildman–Crippen MR) is 135 cm³/mol. The predicted octanol–water partition coefficient (Wildman–Crippen LogP) is 4.98. The molecule has 4 aromatic rings. The topological polar surface area (TPSA) is 125 Å². The molecule has 0 aliphatic heterocycles. The Labute approximate surface area is 204 Å². The lowest BCUT2D eigenvalue weighted by Crippen LogP contribution is -2.19. The number of carbonyl (C=O) groups excluding carboxylic acids is 1. The third kappa shape index (κ3) is 4.74. The second-order valence-corrected chi connectivity index (χ2v) is 10.2. The SMILES string of the molecule is Cc1cc(C)c(Oc2nc(-c3ccccc3)cc(S(=O)(=O)c3cccc(N)c3)c2C(N)=O)c(C)c1. The number of hydrogen-bond donors (Lipinski definition) is 2. The van der Waals surface area contributed by atoms with Crippen molar-refractivity contribution in [3.8, 4) is 22.9 Å². The first-order valence-electron chi connectivity index (χ1n) is 10.8. The molecule has 35 heavy (non-hydrogen) atoms. The van der Waals surface area contributed by atoms with Crippen molar-refractivity contribution in [1.29, 1.82) is 0 Å². The number of amides is 1. The monoisotopic (exact) mass is 487 g/mol. The normalized spacial score (nSPS) is 11.3. The minimum atomic E-state index is -4.21. The van der Waals surface area contributed by atoms with Crippen LogP contribution >= 0.6 is 0 Å². The summed E-state index contributed by atoms with van der Waals surface area (Å²) in [6.07, 6.45) is 0. The van der Waals surface area contributed by atoms with Crippen LogP contribution in [-0.4, -0.2) is 19.3 Å². The molecule has 0 fully saturated rings. The van der Waals surface area contributed by atoms with Gasteiger partial charge in [-0.05, 0) is 56.2 Å². The van der Waals surface area contributed by atoms with Gasteiger partial charge in [0.15, 0.2) is 0 Å². The molecule has 0 radical (unpaired) electrons. The molecule has 0 atom stereocenters. The van der Waals surface area contributed by atoms with E-state index in [0.29, 0.717) is 17.0 Å². The second kappa shape index (κ2) is 9.23. The maximum atomic E-state index is 13.7. The molecule has 1 heterocycles. The van der Waals surface area contributed by atoms with E-state index in [4.69, 9.17) is 16.2 Å². The van der Waals surface area contributed by atoms with Crippen molar-refractivity contribution in [2.45, 2.75) is 30.6 Å². The third-order valence-electron chi connectivity index (χ3n) is 5.53. The second-order valence-electron chi connectivity index (χ2n) is 8.32. The average molecular weight is 488 g/mol. The molecule has 0 spiro atoms. The van der Waals surface area contributed by atoms with E-state index in [1.54, 1.807) is 30.3 Å². The molecule has 8 heteroatoms. The lowest BCUT2D eigenvalue weighted by atomic mass is 10.1. The van der Waals surface area contributed by atoms with Gasteiger partial charge in [-0.3, -0.25) is 4.79 Å². The van der Waals surface area contributed by atoms with Crippen molar-refractivity contribution < 1.29 is 17.9 Å². The Morgan fingerprint density at radius 2 is 1.54 bits per heavy atom. The van der Waals surface area contributed by atoms with Crippen LogP contribution in [0.15, 0.2) is 82.6 Å². The largest absolute Gasteiger partial charge is 0.438 e. The van der Waals surface area contributed by atoms with Crippen LogP contribution in [0.1, 0.15) is 27.0 Å². The molecule has 1 aromatic heterocycles. The summed E-state index contributed by atoms with van der Waals surface area (Å²) in [6, 6.07) is 20.1. The minimum absolute atomic E-state index is 0.0705. The summed E-state index contributed by atoms with van der Waals surface area (Å²) in [5.74, 6) is -0.684. The quantitative estimate of drug-likeness (QED) is 0.370. The van der Waals surface area contributed by atoms with Crippen molar-refractivity contribution in [2.75, 3.05) is 5.73 Å². The highest BCUT2D eigenvalue weighted by Gasteiger charge is 2.30. The van der Waals surface area contributed by atoms with Gasteiger partial charge in [0.2, 0.25) is 15.7 Å². The van der Waals surface area contributed by atoms with E-state index >= 15 is 0 Å². The summed E-state index contributed by atoms with van der Waals surface area (Å²) in [5.41, 5.74) is 15.1. The maximum Gasteiger partial charge on any atom is 0.255 e. The van der Waals surface area contributed by atoms with Gasteiger partial charge >= 0.3 is 0 Å². The number of rotatable bonds is 6. The molecule has 7 nitrogen and oxygen atoms in total. The average Bonchev–Trinajstić information content (AvgIpc) is 2.81. The molecule has 0 saturated heterocycles. The number of ether oxygens (including phenoxy) is 1. The number of sulfone groups is 1. The van der Waals surface area contributed by atoms with Crippen LogP contribution in [0.5, 0.6) is 11.6 Å². The van der Waals surface area contributed by atoms with E-state index in [2.05, 4.69) is 4.98 Å². The minimum Gasteiger partial charge on any atom is -0.438 e. The highest BCUT2D eigenvalue weighted by molar-refractivity contribution is 7.91. The number of aromatic nitrogens is 1. The fourth-order valence-corrected chi connectivity index (χ4v) is 5.53. The number of anilines is 1. The molecule has 3 aromatic carbocycles. The van der Waals surface area contributed by atoms with Gasteiger partial charge in [-0.2, -0.15) is 0 Å². The molecule has 4 rings (SSSR count). The smallest absolute Gasteiger partial charge is 0.255 e. The van der Waals surface area contributed by atoms with Crippen LogP contribution in [0.25, 0.3) is 11.3 Å². The van der Waals surface area contributed by atoms with Gasteiger partial charge in [0.05, 0.1) is 15.5 Å². The molecule has 0 unspecified atom stereocenters. The zero-order chi connectivity index (χ0) is 25.3. The van der Waals surface area contributed by atoms with Crippen LogP contribution in [0.2, 0.25) is 0 Å². The lowest BCUT2D eigenvalue weighted by molar-refractivity contribution is 0.0994. The molecule has 178 valence electrons. The van der Waals surface area contributed by atoms with Gasteiger partial charge < -0.3 is 16.2 Å². The van der Waals surface area contributed by atoms with Crippen molar-refractivity contribution in [1.82, 2.24) is 4.98 Å². The Balaban J connectivity index is 2.03. The lowest BCUT2D eigenvalue weighted by Gasteiger charge is -2.18. The van der Waals surface area contributed by atoms with Gasteiger partial charge in [-0.1, -0.05) is 54.1 Å². The molecule has 1 amide bonds. The van der Waals surface area contributed by atoms with Crippen LogP contribution in [0, 0.1) is 20.8 Å². The van der Waals surface area contributed by atoms with Gasteiger partial charge in [-0.25, -0.2) is 13.4 Å². The maximum absolute atomic E-state index is 13.7. The van der Waals surface area contributed by atoms with Crippen molar-refractivity contribution in [3.63, 3.8) is 0 Å². The van der Waals surface area contributed by atoms with Crippen LogP contribution in [-0.2, 0) is 9.84 Å². The fourth-order valence-electron chi connectivity index (χ4n) is 4.00. The van der Waals surface area contributed by atoms with E-state index in [-0.39, 0.29) is 26.9 Å². The molecule has 0 bridgehead atoms. The highest BCUT2D eigenvalue weighted by atomic mass is 32.2. The van der Waals surface area contributed by atoms with Crippen molar-refractivity contribution >= 4 is 21.4 Å². The Morgan fingerprint density at radius 3 is 2.14 bits per heavy atom. The van der Waals surface area contributed by atoms with Crippen LogP contribution in [0.3, 0.4) is 0 Å². The summed E-state index contributed by atoms with van der Waals surface area (Å²) < 4.78 is 33.6. The van der Waals surface area contributed by atoms with E-state index < -0.39 is 15.7 Å². The number of nitrogens with zero attached hydrogens (tertiary/aromatic N) is 1. The summed E-state index contributed by atoms with van der Waals surface area (Å²) in [6.45, 7) is 5.69. The first-order valence-corrected chi connectivity index (χ1v) is 12.3. The van der Waals surface area contributed by atoms with E-state index in [0.717, 1.165) is 16.7 Å². The Kier molecular flexibility index (Phi) is 6.32. The molecule has 0 saturated carbocycles. The van der Waals surface area contributed by atoms with Gasteiger partial charge in [-0.15, -0.1) is 0 Å². The molecular weight excluding hydrogens is 462 g/mol. The number of hydrogen-bond acceptors (Lipinski definition) is 6. The number of nitrogens with two attached hydrogens (primary N) is 2. The number of primary amides is 1. The third-order valence-corrected chi connectivity index (χ3v) is 7.30. The fraction of sp³-hybridized carbons (Fsp3) is 0.111. The first-order chi connectivity index (χ1) is 16.6. The number of carbonyl (C=O) groups is 1. The number of nitrogen functional groups attached to an aromatic ring is 1. The van der Waals surface area contributed by atoms with Crippen molar-refractivity contribution in [2.24, 2.45) is 5.73 Å². The Hall–Kier alpha value is -4.17. The summed E-state index contributed by atoms with van der Waals surface area (Å²) >= 11 is 0.